The van der Waals surface area contributed by atoms with Crippen molar-refractivity contribution in [1.82, 2.24) is 14.1 Å². The molecule has 0 radical (unpaired) electrons. The number of hydrogen-bond donors (Lipinski definition) is 0. The van der Waals surface area contributed by atoms with Gasteiger partial charge in [-0.05, 0) is 69.6 Å². The van der Waals surface area contributed by atoms with Crippen molar-refractivity contribution in [2.45, 2.75) is 65.7 Å². The number of nitriles is 1. The average Bonchev–Trinajstić information content (AvgIpc) is 3.49. The second kappa shape index (κ2) is 11.5. The van der Waals surface area contributed by atoms with Gasteiger partial charge in [0.05, 0.1) is 40.9 Å². The molecular weight excluding hydrogens is 534 g/mol. The highest BCUT2D eigenvalue weighted by molar-refractivity contribution is 6.76. The first-order valence-electron chi connectivity index (χ1n) is 13.7. The predicted molar refractivity (Wildman–Crippen MR) is 165 cm³/mol. The number of rotatable bonds is 8. The Labute approximate surface area is 242 Å². The summed E-state index contributed by atoms with van der Waals surface area (Å²) in [5.74, 6) is 1.19. The van der Waals surface area contributed by atoms with E-state index in [1.54, 1.807) is 26.4 Å². The second-order valence-electron chi connectivity index (χ2n) is 12.3. The standard InChI is InChI=1S/C31H39N5O4Si/c1-20-16-25(38-6)26(22-12-13-35(28(20)22)30(37)40-31(2,3)4)27(33-5)29-34-23-11-10-21(18-32)17-24(23)36(29)19-39-14-15-41(7,8)9/h10-13,16-17H,14-15,19H2,1-9H3. The van der Waals surface area contributed by atoms with Gasteiger partial charge < -0.3 is 14.2 Å². The van der Waals surface area contributed by atoms with Crippen molar-refractivity contribution < 1.29 is 19.0 Å². The van der Waals surface area contributed by atoms with Crippen LogP contribution in [0.15, 0.2) is 41.5 Å². The minimum atomic E-state index is -1.29. The number of benzene rings is 2. The summed E-state index contributed by atoms with van der Waals surface area (Å²) in [5, 5.41) is 10.4. The Morgan fingerprint density at radius 3 is 2.51 bits per heavy atom. The minimum Gasteiger partial charge on any atom is -0.496 e. The van der Waals surface area contributed by atoms with Crippen LogP contribution in [-0.2, 0) is 16.2 Å². The lowest BCUT2D eigenvalue weighted by Crippen LogP contribution is -2.27. The van der Waals surface area contributed by atoms with Gasteiger partial charge in [-0.1, -0.05) is 19.6 Å². The Hall–Kier alpha value is -3.94. The monoisotopic (exact) mass is 573 g/mol. The van der Waals surface area contributed by atoms with Gasteiger partial charge in [0.25, 0.3) is 0 Å². The van der Waals surface area contributed by atoms with E-state index >= 15 is 0 Å². The minimum absolute atomic E-state index is 0.250. The zero-order chi connectivity index (χ0) is 30.1. The van der Waals surface area contributed by atoms with E-state index in [0.717, 1.165) is 28.0 Å². The fourth-order valence-corrected chi connectivity index (χ4v) is 5.49. The predicted octanol–water partition coefficient (Wildman–Crippen LogP) is 6.74. The first kappa shape index (κ1) is 30.0. The quantitative estimate of drug-likeness (QED) is 0.131. The number of hydrogen-bond acceptors (Lipinski definition) is 7. The van der Waals surface area contributed by atoms with Crippen LogP contribution in [0.2, 0.25) is 25.7 Å². The van der Waals surface area contributed by atoms with Crippen molar-refractivity contribution in [2.24, 2.45) is 4.99 Å². The van der Waals surface area contributed by atoms with Crippen molar-refractivity contribution in [2.75, 3.05) is 20.8 Å². The van der Waals surface area contributed by atoms with Gasteiger partial charge in [-0.15, -0.1) is 0 Å². The Kier molecular flexibility index (Phi) is 8.43. The molecule has 0 aliphatic carbocycles. The number of aliphatic imine (C=N–C) groups is 1. The zero-order valence-corrected chi connectivity index (χ0v) is 26.5. The molecule has 2 aromatic heterocycles. The molecule has 0 aliphatic rings. The third kappa shape index (κ3) is 6.37. The molecule has 0 bridgehead atoms. The maximum absolute atomic E-state index is 13.1. The van der Waals surface area contributed by atoms with Crippen LogP contribution < -0.4 is 4.74 Å². The normalized spacial score (nSPS) is 12.6. The lowest BCUT2D eigenvalue weighted by Gasteiger charge is -2.21. The largest absolute Gasteiger partial charge is 0.496 e. The van der Waals surface area contributed by atoms with E-state index in [4.69, 9.17) is 24.2 Å². The van der Waals surface area contributed by atoms with Gasteiger partial charge in [-0.2, -0.15) is 5.26 Å². The topological polar surface area (TPSA) is 104 Å². The van der Waals surface area contributed by atoms with Crippen LogP contribution in [0, 0.1) is 18.3 Å². The third-order valence-corrected chi connectivity index (χ3v) is 8.40. The van der Waals surface area contributed by atoms with E-state index in [9.17, 15) is 10.1 Å². The molecule has 0 saturated heterocycles. The molecule has 4 aromatic rings. The molecule has 9 nitrogen and oxygen atoms in total. The van der Waals surface area contributed by atoms with Crippen LogP contribution in [0.3, 0.4) is 0 Å². The number of imidazole rings is 1. The lowest BCUT2D eigenvalue weighted by molar-refractivity contribution is 0.0544. The summed E-state index contributed by atoms with van der Waals surface area (Å²) in [4.78, 5) is 22.8. The molecule has 4 rings (SSSR count). The number of fused-ring (bicyclic) bond motifs is 2. The lowest BCUT2D eigenvalue weighted by atomic mass is 10.00. The molecule has 41 heavy (non-hydrogen) atoms. The van der Waals surface area contributed by atoms with Crippen LogP contribution in [0.1, 0.15) is 43.3 Å². The van der Waals surface area contributed by atoms with Crippen LogP contribution in [0.25, 0.3) is 21.9 Å². The molecule has 2 aromatic carbocycles. The fraction of sp³-hybridized carbons (Fsp3) is 0.419. The first-order valence-corrected chi connectivity index (χ1v) is 17.4. The van der Waals surface area contributed by atoms with E-state index in [1.807, 2.05) is 56.5 Å². The Balaban J connectivity index is 1.91. The maximum atomic E-state index is 13.1. The summed E-state index contributed by atoms with van der Waals surface area (Å²) >= 11 is 0. The highest BCUT2D eigenvalue weighted by Gasteiger charge is 2.27. The number of aryl methyl sites for hydroxylation is 1. The van der Waals surface area contributed by atoms with E-state index < -0.39 is 19.8 Å². The van der Waals surface area contributed by atoms with E-state index in [1.165, 1.54) is 4.57 Å². The molecule has 0 N–H and O–H groups in total. The second-order valence-corrected chi connectivity index (χ2v) is 17.9. The summed E-state index contributed by atoms with van der Waals surface area (Å²) in [5.41, 5.74) is 4.24. The van der Waals surface area contributed by atoms with Crippen molar-refractivity contribution in [3.63, 3.8) is 0 Å². The number of aromatic nitrogens is 3. The summed E-state index contributed by atoms with van der Waals surface area (Å²) in [6.07, 6.45) is 1.25. The number of ether oxygens (including phenoxy) is 3. The van der Waals surface area contributed by atoms with Gasteiger partial charge in [0.15, 0.2) is 5.82 Å². The summed E-state index contributed by atoms with van der Waals surface area (Å²) in [6.45, 7) is 15.3. The van der Waals surface area contributed by atoms with Crippen molar-refractivity contribution in [3.05, 3.63) is 59.0 Å². The molecule has 0 aliphatic heterocycles. The van der Waals surface area contributed by atoms with Crippen molar-refractivity contribution in [3.8, 4) is 11.8 Å². The fourth-order valence-electron chi connectivity index (χ4n) is 4.74. The summed E-state index contributed by atoms with van der Waals surface area (Å²) in [7, 11) is 2.04. The molecule has 2 heterocycles. The maximum Gasteiger partial charge on any atom is 0.419 e. The van der Waals surface area contributed by atoms with Gasteiger partial charge in [-0.25, -0.2) is 9.78 Å². The van der Waals surface area contributed by atoms with Gasteiger partial charge in [-0.3, -0.25) is 14.1 Å². The Morgan fingerprint density at radius 1 is 1.17 bits per heavy atom. The SMILES string of the molecule is CN=C(c1c(OC)cc(C)c2c1ccn2C(=O)OC(C)(C)C)c1nc2ccc(C#N)cc2n1COCC[Si](C)(C)C. The van der Waals surface area contributed by atoms with Crippen LogP contribution in [0.5, 0.6) is 5.75 Å². The van der Waals surface area contributed by atoms with Crippen LogP contribution >= 0.6 is 0 Å². The number of nitrogens with zero attached hydrogens (tertiary/aromatic N) is 5. The third-order valence-electron chi connectivity index (χ3n) is 6.70. The summed E-state index contributed by atoms with van der Waals surface area (Å²) in [6, 6.07) is 12.4. The van der Waals surface area contributed by atoms with E-state index in [2.05, 4.69) is 25.7 Å². The molecular formula is C31H39N5O4Si. The van der Waals surface area contributed by atoms with Gasteiger partial charge in [0, 0.05) is 33.3 Å². The van der Waals surface area contributed by atoms with Gasteiger partial charge in [0.2, 0.25) is 0 Å². The molecule has 216 valence electrons. The number of carbonyl (C=O) groups is 1. The zero-order valence-electron chi connectivity index (χ0n) is 25.5. The average molecular weight is 574 g/mol. The molecule has 0 atom stereocenters. The Bertz CT molecular complexity index is 1680. The van der Waals surface area contributed by atoms with Crippen molar-refractivity contribution >= 4 is 41.8 Å². The van der Waals surface area contributed by atoms with Crippen LogP contribution in [-0.4, -0.2) is 60.4 Å². The van der Waals surface area contributed by atoms with Crippen molar-refractivity contribution in [1.29, 1.82) is 5.26 Å². The molecule has 0 spiro atoms. The number of methoxy groups -OCH3 is 1. The molecule has 0 saturated carbocycles. The number of carbonyl (C=O) groups excluding carboxylic acids is 1. The smallest absolute Gasteiger partial charge is 0.419 e. The summed E-state index contributed by atoms with van der Waals surface area (Å²) < 4.78 is 21.2. The molecule has 0 fully saturated rings. The highest BCUT2D eigenvalue weighted by Crippen LogP contribution is 2.35. The van der Waals surface area contributed by atoms with E-state index in [-0.39, 0.29) is 6.73 Å². The molecule has 0 unspecified atom stereocenters. The van der Waals surface area contributed by atoms with Crippen LogP contribution in [0.4, 0.5) is 4.79 Å². The van der Waals surface area contributed by atoms with Gasteiger partial charge in [0.1, 0.15) is 23.8 Å². The van der Waals surface area contributed by atoms with E-state index in [0.29, 0.717) is 40.5 Å². The highest BCUT2D eigenvalue weighted by atomic mass is 28.3. The molecule has 0 amide bonds. The molecule has 10 heteroatoms. The van der Waals surface area contributed by atoms with Gasteiger partial charge >= 0.3 is 6.09 Å². The Morgan fingerprint density at radius 2 is 1.90 bits per heavy atom. The first-order chi connectivity index (χ1) is 19.3.